The second-order valence-corrected chi connectivity index (χ2v) is 47.5. The van der Waals surface area contributed by atoms with E-state index >= 15 is 0 Å². The molecule has 2 unspecified atom stereocenters. The van der Waals surface area contributed by atoms with Gasteiger partial charge in [-0.15, -0.1) is 0 Å². The van der Waals surface area contributed by atoms with E-state index in [0.29, 0.717) is 10.8 Å². The van der Waals surface area contributed by atoms with E-state index in [0.717, 1.165) is 11.3 Å². The van der Waals surface area contributed by atoms with Crippen LogP contribution in [0, 0.1) is 10.8 Å². The SMILES string of the molecule is CCCCCC(C)(C)CCC(C)[P+](CCCC)(CCCC)CCCC.CCCCCC(C)(C)CCC(C)[P+](CCCC)(CCCC)CCCC.[Cl][Co-2]([Cl])([Br])[Br]. The predicted molar refractivity (Wildman–Crippen MR) is 275 cm³/mol. The van der Waals surface area contributed by atoms with Crippen molar-refractivity contribution >= 4 is 63.2 Å². The molecule has 0 saturated carbocycles. The summed E-state index contributed by atoms with van der Waals surface area (Å²) in [6.45, 7) is 34.4. The van der Waals surface area contributed by atoms with E-state index in [4.69, 9.17) is 20.3 Å². The molecule has 0 radical (unpaired) electrons. The summed E-state index contributed by atoms with van der Waals surface area (Å²) in [5.41, 5.74) is 3.11. The van der Waals surface area contributed by atoms with Gasteiger partial charge in [-0.3, -0.25) is 0 Å². The number of rotatable bonds is 34. The van der Waals surface area contributed by atoms with E-state index in [9.17, 15) is 0 Å². The fourth-order valence-corrected chi connectivity index (χ4v) is 19.6. The van der Waals surface area contributed by atoms with Gasteiger partial charge in [-0.25, -0.2) is 0 Å². The molecule has 343 valence electrons. The Morgan fingerprint density at radius 3 is 0.782 bits per heavy atom. The third-order valence-electron chi connectivity index (χ3n) is 13.0. The summed E-state index contributed by atoms with van der Waals surface area (Å²) >= 11 is 5.86. The Labute approximate surface area is 377 Å². The monoisotopic (exact) mass is 1030 g/mol. The van der Waals surface area contributed by atoms with E-state index in [2.05, 4.69) is 125 Å². The third-order valence-corrected chi connectivity index (χ3v) is 24.5. The molecule has 0 aliphatic carbocycles. The van der Waals surface area contributed by atoms with Gasteiger partial charge in [-0.2, -0.15) is 0 Å². The number of hydrogen-bond acceptors (Lipinski definition) is 0. The Hall–Kier alpha value is 2.91. The van der Waals surface area contributed by atoms with Crippen molar-refractivity contribution in [2.24, 2.45) is 10.8 Å². The molecular formula is C48H104Br2Cl2CoP2. The van der Waals surface area contributed by atoms with Gasteiger partial charge < -0.3 is 0 Å². The summed E-state index contributed by atoms with van der Waals surface area (Å²) in [6, 6.07) is 0. The average molecular weight is 1030 g/mol. The van der Waals surface area contributed by atoms with Crippen molar-refractivity contribution < 1.29 is 7.23 Å². The molecule has 0 saturated heterocycles. The number of unbranched alkanes of at least 4 members (excludes halogenated alkanes) is 10. The molecule has 0 N–H and O–H groups in total. The molecule has 0 spiro atoms. The summed E-state index contributed by atoms with van der Waals surface area (Å²) in [6.07, 6.45) is 43.8. The summed E-state index contributed by atoms with van der Waals surface area (Å²) in [5, 5.41) is 0. The molecule has 0 amide bonds. The molecule has 0 aromatic carbocycles. The zero-order valence-corrected chi connectivity index (χ0v) is 47.6. The maximum atomic E-state index is 5.24. The first-order valence-electron chi connectivity index (χ1n) is 24.0. The molecule has 0 heterocycles. The molecule has 0 fully saturated rings. The molecular weight excluding hydrogens is 928 g/mol. The molecule has 7 heteroatoms. The van der Waals surface area contributed by atoms with Crippen LogP contribution < -0.4 is 0 Å². The quantitative estimate of drug-likeness (QED) is 0.0445. The zero-order valence-electron chi connectivity index (χ0n) is 40.1. The van der Waals surface area contributed by atoms with Crippen LogP contribution in [0.3, 0.4) is 0 Å². The second-order valence-electron chi connectivity index (χ2n) is 19.2. The topological polar surface area (TPSA) is 0 Å². The zero-order chi connectivity index (χ0) is 42.9. The van der Waals surface area contributed by atoms with Crippen molar-refractivity contribution in [1.82, 2.24) is 0 Å². The molecule has 55 heavy (non-hydrogen) atoms. The fourth-order valence-electron chi connectivity index (χ4n) is 8.54. The van der Waals surface area contributed by atoms with Crippen LogP contribution in [0.2, 0.25) is 0 Å². The first-order valence-corrected chi connectivity index (χ1v) is 36.8. The van der Waals surface area contributed by atoms with E-state index < -0.39 is 21.8 Å². The van der Waals surface area contributed by atoms with Crippen molar-refractivity contribution in [3.63, 3.8) is 0 Å². The Bertz CT molecular complexity index is 711. The summed E-state index contributed by atoms with van der Waals surface area (Å²) in [7, 11) is 7.16. The van der Waals surface area contributed by atoms with Crippen LogP contribution in [0.1, 0.15) is 251 Å². The second kappa shape index (κ2) is 37.5. The normalized spacial score (nSPS) is 14.1. The summed E-state index contributed by atoms with van der Waals surface area (Å²) < 4.78 is 0. The van der Waals surface area contributed by atoms with Gasteiger partial charge in [-0.05, 0) is 102 Å². The summed E-state index contributed by atoms with van der Waals surface area (Å²) in [5.74, 6) is 0. The first kappa shape index (κ1) is 62.2. The van der Waals surface area contributed by atoms with Gasteiger partial charge in [0, 0.05) is 14.5 Å². The van der Waals surface area contributed by atoms with Gasteiger partial charge in [0.05, 0.1) is 48.3 Å². The van der Waals surface area contributed by atoms with E-state index in [1.54, 1.807) is 37.0 Å². The molecule has 0 aromatic heterocycles. The Kier molecular flexibility index (Phi) is 42.4. The van der Waals surface area contributed by atoms with Crippen LogP contribution in [-0.4, -0.2) is 48.3 Å². The Morgan fingerprint density at radius 1 is 0.400 bits per heavy atom. The maximum absolute atomic E-state index is 5.24. The van der Waals surface area contributed by atoms with Gasteiger partial charge in [0.2, 0.25) is 0 Å². The molecule has 0 aromatic rings. The van der Waals surface area contributed by atoms with Crippen molar-refractivity contribution in [3.8, 4) is 0 Å². The summed E-state index contributed by atoms with van der Waals surface area (Å²) in [4.78, 5) is 0. The number of hydrogen-bond donors (Lipinski definition) is 0. The predicted octanol–water partition coefficient (Wildman–Crippen LogP) is 21.4. The van der Waals surface area contributed by atoms with Gasteiger partial charge in [0.1, 0.15) is 0 Å². The standard InChI is InChI=1S/2C24H52P.2BrH.2ClH.Co/c2*1-8-12-16-18-24(6,7)19-17-23(5)25(20-13-9-2,21-14-10-3)22-15-11-4;;;;;/h2*23H,8-22H2,1-7H3;4*1H;/q2*+1;;;;;+2/p-4. The first-order chi connectivity index (χ1) is 25.7. The van der Waals surface area contributed by atoms with Crippen LogP contribution in [0.25, 0.3) is 0 Å². The van der Waals surface area contributed by atoms with E-state index in [1.165, 1.54) is 154 Å². The van der Waals surface area contributed by atoms with Crippen molar-refractivity contribution in [1.29, 1.82) is 0 Å². The van der Waals surface area contributed by atoms with Crippen molar-refractivity contribution in [2.75, 3.05) is 37.0 Å². The van der Waals surface area contributed by atoms with Crippen LogP contribution in [-0.2, 0) is 7.23 Å². The molecule has 2 atom stereocenters. The van der Waals surface area contributed by atoms with Crippen molar-refractivity contribution in [2.45, 2.75) is 262 Å². The van der Waals surface area contributed by atoms with Crippen LogP contribution in [0.15, 0.2) is 0 Å². The van der Waals surface area contributed by atoms with Gasteiger partial charge in [0.25, 0.3) is 0 Å². The van der Waals surface area contributed by atoms with Gasteiger partial charge in [-0.1, -0.05) is 160 Å². The van der Waals surface area contributed by atoms with E-state index in [1.807, 2.05) is 0 Å². The molecule has 0 aliphatic rings. The minimum atomic E-state index is -1.81. The van der Waals surface area contributed by atoms with E-state index in [-0.39, 0.29) is 0 Å². The fraction of sp³-hybridized carbons (Fsp3) is 1.00. The molecule has 0 aliphatic heterocycles. The molecule has 0 rings (SSSR count). The average Bonchev–Trinajstić information content (AvgIpc) is 3.12. The van der Waals surface area contributed by atoms with Crippen LogP contribution >= 0.6 is 63.2 Å². The van der Waals surface area contributed by atoms with Gasteiger partial charge >= 0.3 is 55.9 Å². The Morgan fingerprint density at radius 2 is 0.600 bits per heavy atom. The molecule has 0 bridgehead atoms. The Balaban J connectivity index is -0.000000874. The third kappa shape index (κ3) is 36.1. The number of halogens is 4. The van der Waals surface area contributed by atoms with Crippen LogP contribution in [0.5, 0.6) is 0 Å². The van der Waals surface area contributed by atoms with Crippen LogP contribution in [0.4, 0.5) is 0 Å². The minimum absolute atomic E-state index is 0.555. The van der Waals surface area contributed by atoms with Gasteiger partial charge in [0.15, 0.2) is 0 Å². The van der Waals surface area contributed by atoms with Crippen molar-refractivity contribution in [3.05, 3.63) is 0 Å². The molecule has 0 nitrogen and oxygen atoms in total.